The maximum Gasteiger partial charge on any atom is 0.240 e. The second-order valence-corrected chi connectivity index (χ2v) is 4.59. The standard InChI is InChI=1S/C13H15BrN2O2/c1-3-8-15-13(18)9-16(10(2)17)12-6-4-11(14)5-7-12/h3-7H,1,8-9H2,2H3,(H,15,18). The van der Waals surface area contributed by atoms with Crippen LogP contribution in [0.3, 0.4) is 0 Å². The third-order valence-corrected chi connectivity index (χ3v) is 2.79. The van der Waals surface area contributed by atoms with Crippen LogP contribution in [0.15, 0.2) is 41.4 Å². The number of hydrogen-bond acceptors (Lipinski definition) is 2. The molecule has 5 heteroatoms. The number of nitrogens with one attached hydrogen (secondary N) is 1. The van der Waals surface area contributed by atoms with Crippen molar-refractivity contribution in [3.63, 3.8) is 0 Å². The minimum atomic E-state index is -0.215. The summed E-state index contributed by atoms with van der Waals surface area (Å²) in [5.41, 5.74) is 0.694. The zero-order chi connectivity index (χ0) is 13.5. The summed E-state index contributed by atoms with van der Waals surface area (Å²) in [6.07, 6.45) is 1.59. The predicted molar refractivity (Wildman–Crippen MR) is 75.4 cm³/mol. The van der Waals surface area contributed by atoms with Gasteiger partial charge >= 0.3 is 0 Å². The van der Waals surface area contributed by atoms with Gasteiger partial charge in [0.1, 0.15) is 6.54 Å². The minimum Gasteiger partial charge on any atom is -0.351 e. The molecule has 2 amide bonds. The Morgan fingerprint density at radius 3 is 2.50 bits per heavy atom. The van der Waals surface area contributed by atoms with Crippen molar-refractivity contribution in [2.45, 2.75) is 6.92 Å². The maximum atomic E-state index is 11.6. The van der Waals surface area contributed by atoms with Crippen molar-refractivity contribution in [3.05, 3.63) is 41.4 Å². The highest BCUT2D eigenvalue weighted by Crippen LogP contribution is 2.18. The molecule has 0 fully saturated rings. The van der Waals surface area contributed by atoms with Gasteiger partial charge in [-0.1, -0.05) is 22.0 Å². The van der Waals surface area contributed by atoms with Gasteiger partial charge in [0, 0.05) is 23.6 Å². The average molecular weight is 311 g/mol. The summed E-state index contributed by atoms with van der Waals surface area (Å²) in [5.74, 6) is -0.390. The molecule has 0 saturated heterocycles. The molecule has 1 aromatic rings. The summed E-state index contributed by atoms with van der Waals surface area (Å²) in [5, 5.41) is 2.64. The number of carbonyl (C=O) groups is 2. The number of anilines is 1. The van der Waals surface area contributed by atoms with E-state index in [4.69, 9.17) is 0 Å². The summed E-state index contributed by atoms with van der Waals surface area (Å²) in [4.78, 5) is 24.6. The van der Waals surface area contributed by atoms with E-state index < -0.39 is 0 Å². The van der Waals surface area contributed by atoms with Crippen LogP contribution in [0, 0.1) is 0 Å². The van der Waals surface area contributed by atoms with Crippen LogP contribution in [0.25, 0.3) is 0 Å². The molecule has 0 radical (unpaired) electrons. The van der Waals surface area contributed by atoms with Crippen LogP contribution >= 0.6 is 15.9 Å². The Kier molecular flexibility index (Phi) is 5.58. The van der Waals surface area contributed by atoms with E-state index >= 15 is 0 Å². The number of carbonyl (C=O) groups excluding carboxylic acids is 2. The summed E-state index contributed by atoms with van der Waals surface area (Å²) in [6.45, 7) is 5.35. The Bertz CT molecular complexity index is 443. The number of benzene rings is 1. The van der Waals surface area contributed by atoms with Crippen LogP contribution in [-0.4, -0.2) is 24.9 Å². The van der Waals surface area contributed by atoms with Crippen LogP contribution in [-0.2, 0) is 9.59 Å². The number of nitrogens with zero attached hydrogens (tertiary/aromatic N) is 1. The lowest BCUT2D eigenvalue weighted by Gasteiger charge is -2.20. The van der Waals surface area contributed by atoms with Crippen LogP contribution in [0.5, 0.6) is 0 Å². The fourth-order valence-electron chi connectivity index (χ4n) is 1.39. The number of hydrogen-bond donors (Lipinski definition) is 1. The molecule has 96 valence electrons. The largest absolute Gasteiger partial charge is 0.351 e. The van der Waals surface area contributed by atoms with Gasteiger partial charge in [0.2, 0.25) is 11.8 Å². The highest BCUT2D eigenvalue weighted by atomic mass is 79.9. The zero-order valence-electron chi connectivity index (χ0n) is 10.1. The lowest BCUT2D eigenvalue weighted by molar-refractivity contribution is -0.122. The first-order chi connectivity index (χ1) is 8.54. The van der Waals surface area contributed by atoms with E-state index in [9.17, 15) is 9.59 Å². The molecule has 4 nitrogen and oxygen atoms in total. The Morgan fingerprint density at radius 2 is 2.00 bits per heavy atom. The molecule has 0 aliphatic heterocycles. The minimum absolute atomic E-state index is 0.00477. The van der Waals surface area contributed by atoms with Crippen molar-refractivity contribution < 1.29 is 9.59 Å². The molecule has 0 atom stereocenters. The van der Waals surface area contributed by atoms with E-state index in [2.05, 4.69) is 27.8 Å². The molecule has 0 aliphatic carbocycles. The van der Waals surface area contributed by atoms with Gasteiger partial charge in [0.15, 0.2) is 0 Å². The van der Waals surface area contributed by atoms with Crippen molar-refractivity contribution in [1.82, 2.24) is 5.32 Å². The second-order valence-electron chi connectivity index (χ2n) is 3.67. The first kappa shape index (κ1) is 14.4. The Balaban J connectivity index is 2.77. The molecule has 1 rings (SSSR count). The normalized spacial score (nSPS) is 9.67. The van der Waals surface area contributed by atoms with Gasteiger partial charge in [-0.05, 0) is 24.3 Å². The van der Waals surface area contributed by atoms with Crippen molar-refractivity contribution in [2.75, 3.05) is 18.0 Å². The molecular formula is C13H15BrN2O2. The monoisotopic (exact) mass is 310 g/mol. The first-order valence-corrected chi connectivity index (χ1v) is 6.25. The van der Waals surface area contributed by atoms with Crippen molar-refractivity contribution in [2.24, 2.45) is 0 Å². The van der Waals surface area contributed by atoms with Gasteiger partial charge in [-0.2, -0.15) is 0 Å². The lowest BCUT2D eigenvalue weighted by atomic mass is 10.3. The van der Waals surface area contributed by atoms with Gasteiger partial charge in [-0.15, -0.1) is 6.58 Å². The highest BCUT2D eigenvalue weighted by molar-refractivity contribution is 9.10. The average Bonchev–Trinajstić information content (AvgIpc) is 2.34. The third-order valence-electron chi connectivity index (χ3n) is 2.26. The SMILES string of the molecule is C=CCNC(=O)CN(C(C)=O)c1ccc(Br)cc1. The van der Waals surface area contributed by atoms with E-state index in [1.807, 2.05) is 12.1 Å². The molecule has 1 aromatic carbocycles. The Labute approximate surface area is 115 Å². The van der Waals surface area contributed by atoms with E-state index in [1.165, 1.54) is 11.8 Å². The van der Waals surface area contributed by atoms with Crippen LogP contribution < -0.4 is 10.2 Å². The van der Waals surface area contributed by atoms with E-state index in [1.54, 1.807) is 18.2 Å². The molecule has 0 spiro atoms. The van der Waals surface area contributed by atoms with E-state index in [0.717, 1.165) is 4.47 Å². The number of rotatable bonds is 5. The van der Waals surface area contributed by atoms with Crippen LogP contribution in [0.1, 0.15) is 6.92 Å². The smallest absolute Gasteiger partial charge is 0.240 e. The van der Waals surface area contributed by atoms with Crippen LogP contribution in [0.2, 0.25) is 0 Å². The molecule has 1 N–H and O–H groups in total. The summed E-state index contributed by atoms with van der Waals surface area (Å²) >= 11 is 3.32. The summed E-state index contributed by atoms with van der Waals surface area (Å²) < 4.78 is 0.922. The molecule has 0 bridgehead atoms. The topological polar surface area (TPSA) is 49.4 Å². The molecule has 0 heterocycles. The Morgan fingerprint density at radius 1 is 1.39 bits per heavy atom. The van der Waals surface area contributed by atoms with Gasteiger partial charge in [-0.25, -0.2) is 0 Å². The number of amides is 2. The fraction of sp³-hybridized carbons (Fsp3) is 0.231. The van der Waals surface area contributed by atoms with Gasteiger partial charge in [-0.3, -0.25) is 9.59 Å². The van der Waals surface area contributed by atoms with Gasteiger partial charge in [0.05, 0.1) is 0 Å². The van der Waals surface area contributed by atoms with Crippen molar-refractivity contribution in [3.8, 4) is 0 Å². The predicted octanol–water partition coefficient (Wildman–Crippen LogP) is 2.10. The third kappa shape index (κ3) is 4.33. The highest BCUT2D eigenvalue weighted by Gasteiger charge is 2.14. The van der Waals surface area contributed by atoms with Crippen molar-refractivity contribution in [1.29, 1.82) is 0 Å². The molecule has 0 saturated carbocycles. The summed E-state index contributed by atoms with van der Waals surface area (Å²) in [7, 11) is 0. The summed E-state index contributed by atoms with van der Waals surface area (Å²) in [6, 6.07) is 7.22. The molecule has 0 unspecified atom stereocenters. The molecule has 0 aliphatic rings. The maximum absolute atomic E-state index is 11.6. The van der Waals surface area contributed by atoms with Gasteiger partial charge in [0.25, 0.3) is 0 Å². The second kappa shape index (κ2) is 6.96. The lowest BCUT2D eigenvalue weighted by Crippen LogP contribution is -2.39. The van der Waals surface area contributed by atoms with E-state index in [-0.39, 0.29) is 18.4 Å². The van der Waals surface area contributed by atoms with Crippen LogP contribution in [0.4, 0.5) is 5.69 Å². The first-order valence-electron chi connectivity index (χ1n) is 5.46. The molecule has 0 aromatic heterocycles. The van der Waals surface area contributed by atoms with E-state index in [0.29, 0.717) is 12.2 Å². The molecule has 18 heavy (non-hydrogen) atoms. The number of halogens is 1. The quantitative estimate of drug-likeness (QED) is 0.847. The fourth-order valence-corrected chi connectivity index (χ4v) is 1.66. The zero-order valence-corrected chi connectivity index (χ0v) is 11.7. The van der Waals surface area contributed by atoms with Gasteiger partial charge < -0.3 is 10.2 Å². The Hall–Kier alpha value is -1.62. The van der Waals surface area contributed by atoms with Crippen molar-refractivity contribution >= 4 is 33.4 Å². The molecular weight excluding hydrogens is 296 g/mol.